The third kappa shape index (κ3) is 3.47. The molecule has 0 bridgehead atoms. The van der Waals surface area contributed by atoms with Crippen LogP contribution in [0.4, 0.5) is 0 Å². The number of aliphatic carboxylic acids is 1. The number of carbonyl (C=O) groups is 2. The van der Waals surface area contributed by atoms with Crippen molar-refractivity contribution in [2.75, 3.05) is 13.2 Å². The SMILES string of the molecule is CC(C)[C@@H](NC(=O)c1cc(Br)c2c(c1)OCCO2)C(=O)O. The van der Waals surface area contributed by atoms with Crippen molar-refractivity contribution in [1.82, 2.24) is 5.32 Å². The molecule has 1 amide bonds. The number of hydrogen-bond donors (Lipinski definition) is 2. The molecule has 0 saturated carbocycles. The molecule has 0 saturated heterocycles. The van der Waals surface area contributed by atoms with Crippen molar-refractivity contribution < 1.29 is 24.2 Å². The molecule has 1 aromatic rings. The van der Waals surface area contributed by atoms with Gasteiger partial charge >= 0.3 is 5.97 Å². The van der Waals surface area contributed by atoms with E-state index >= 15 is 0 Å². The summed E-state index contributed by atoms with van der Waals surface area (Å²) in [6.45, 7) is 4.33. The molecule has 1 aromatic carbocycles. The fraction of sp³-hybridized carbons (Fsp3) is 0.429. The zero-order valence-electron chi connectivity index (χ0n) is 11.7. The second-order valence-corrected chi connectivity index (χ2v) is 5.87. The third-order valence-corrected chi connectivity index (χ3v) is 3.67. The van der Waals surface area contributed by atoms with E-state index < -0.39 is 17.9 Å². The number of carbonyl (C=O) groups excluding carboxylic acids is 1. The number of halogens is 1. The monoisotopic (exact) mass is 357 g/mol. The van der Waals surface area contributed by atoms with Gasteiger partial charge in [-0.3, -0.25) is 4.79 Å². The molecule has 7 heteroatoms. The Morgan fingerprint density at radius 3 is 2.57 bits per heavy atom. The second kappa shape index (κ2) is 6.34. The fourth-order valence-electron chi connectivity index (χ4n) is 1.98. The Balaban J connectivity index is 2.23. The molecule has 114 valence electrons. The van der Waals surface area contributed by atoms with Gasteiger partial charge in [-0.2, -0.15) is 0 Å². The van der Waals surface area contributed by atoms with E-state index in [0.717, 1.165) is 0 Å². The zero-order valence-corrected chi connectivity index (χ0v) is 13.3. The highest BCUT2D eigenvalue weighted by Gasteiger charge is 2.25. The molecule has 0 spiro atoms. The quantitative estimate of drug-likeness (QED) is 0.861. The first-order chi connectivity index (χ1) is 9.90. The topological polar surface area (TPSA) is 84.9 Å². The summed E-state index contributed by atoms with van der Waals surface area (Å²) in [5.74, 6) is -0.718. The summed E-state index contributed by atoms with van der Waals surface area (Å²) in [7, 11) is 0. The first-order valence-corrected chi connectivity index (χ1v) is 7.32. The van der Waals surface area contributed by atoms with Crippen LogP contribution in [0.1, 0.15) is 24.2 Å². The summed E-state index contributed by atoms with van der Waals surface area (Å²) in [4.78, 5) is 23.3. The van der Waals surface area contributed by atoms with Crippen molar-refractivity contribution in [3.63, 3.8) is 0 Å². The van der Waals surface area contributed by atoms with Gasteiger partial charge in [0.05, 0.1) is 4.47 Å². The molecule has 1 heterocycles. The Hall–Kier alpha value is -1.76. The molecule has 1 aliphatic heterocycles. The zero-order chi connectivity index (χ0) is 15.6. The molecule has 1 atom stereocenters. The molecule has 1 aliphatic rings. The number of amides is 1. The van der Waals surface area contributed by atoms with Crippen LogP contribution in [-0.4, -0.2) is 36.2 Å². The number of carboxylic acids is 1. The maximum atomic E-state index is 12.2. The summed E-state index contributed by atoms with van der Waals surface area (Å²) >= 11 is 3.32. The highest BCUT2D eigenvalue weighted by atomic mass is 79.9. The van der Waals surface area contributed by atoms with Gasteiger partial charge in [-0.1, -0.05) is 13.8 Å². The first kappa shape index (κ1) is 15.6. The minimum atomic E-state index is -1.06. The number of nitrogens with one attached hydrogen (secondary N) is 1. The van der Waals surface area contributed by atoms with Gasteiger partial charge in [-0.05, 0) is 34.0 Å². The summed E-state index contributed by atoms with van der Waals surface area (Å²) in [6, 6.07) is 2.19. The lowest BCUT2D eigenvalue weighted by Crippen LogP contribution is -2.44. The highest BCUT2D eigenvalue weighted by molar-refractivity contribution is 9.10. The van der Waals surface area contributed by atoms with Gasteiger partial charge in [0.1, 0.15) is 19.3 Å². The summed E-state index contributed by atoms with van der Waals surface area (Å²) in [5.41, 5.74) is 0.318. The van der Waals surface area contributed by atoms with Crippen LogP contribution >= 0.6 is 15.9 Å². The van der Waals surface area contributed by atoms with Crippen LogP contribution in [0.2, 0.25) is 0 Å². The van der Waals surface area contributed by atoms with E-state index in [4.69, 9.17) is 14.6 Å². The molecule has 0 radical (unpaired) electrons. The standard InChI is InChI=1S/C14H16BrNO5/c1-7(2)11(14(18)19)16-13(17)8-5-9(15)12-10(6-8)20-3-4-21-12/h5-7,11H,3-4H2,1-2H3,(H,16,17)(H,18,19)/t11-/m1/s1. The average molecular weight is 358 g/mol. The maximum Gasteiger partial charge on any atom is 0.326 e. The van der Waals surface area contributed by atoms with Gasteiger partial charge in [0, 0.05) is 5.56 Å². The molecule has 2 N–H and O–H groups in total. The van der Waals surface area contributed by atoms with Crippen LogP contribution in [0.15, 0.2) is 16.6 Å². The second-order valence-electron chi connectivity index (χ2n) is 5.02. The van der Waals surface area contributed by atoms with Crippen molar-refractivity contribution in [2.45, 2.75) is 19.9 Å². The summed E-state index contributed by atoms with van der Waals surface area (Å²) in [6.07, 6.45) is 0. The minimum absolute atomic E-state index is 0.216. The van der Waals surface area contributed by atoms with Crippen LogP contribution in [0.3, 0.4) is 0 Å². The van der Waals surface area contributed by atoms with Gasteiger partial charge in [0.15, 0.2) is 11.5 Å². The van der Waals surface area contributed by atoms with Crippen LogP contribution in [-0.2, 0) is 4.79 Å². The lowest BCUT2D eigenvalue weighted by Gasteiger charge is -2.21. The fourth-order valence-corrected chi connectivity index (χ4v) is 2.54. The molecule has 0 unspecified atom stereocenters. The predicted molar refractivity (Wildman–Crippen MR) is 78.9 cm³/mol. The number of rotatable bonds is 4. The lowest BCUT2D eigenvalue weighted by molar-refractivity contribution is -0.140. The van der Waals surface area contributed by atoms with Gasteiger partial charge < -0.3 is 19.9 Å². The van der Waals surface area contributed by atoms with Crippen molar-refractivity contribution in [3.05, 3.63) is 22.2 Å². The van der Waals surface area contributed by atoms with Gasteiger partial charge in [0.25, 0.3) is 5.91 Å². The Bertz CT molecular complexity index is 573. The van der Waals surface area contributed by atoms with Crippen molar-refractivity contribution in [1.29, 1.82) is 0 Å². The Morgan fingerprint density at radius 2 is 1.95 bits per heavy atom. The molecule has 0 aromatic heterocycles. The smallest absolute Gasteiger partial charge is 0.326 e. The number of benzene rings is 1. The normalized spacial score (nSPS) is 14.7. The van der Waals surface area contributed by atoms with Crippen LogP contribution in [0.5, 0.6) is 11.5 Å². The van der Waals surface area contributed by atoms with Gasteiger partial charge in [-0.25, -0.2) is 4.79 Å². The van der Waals surface area contributed by atoms with E-state index in [1.807, 2.05) is 0 Å². The van der Waals surface area contributed by atoms with Crippen molar-refractivity contribution in [2.24, 2.45) is 5.92 Å². The van der Waals surface area contributed by atoms with E-state index in [0.29, 0.717) is 34.7 Å². The molecule has 2 rings (SSSR count). The molecule has 0 fully saturated rings. The predicted octanol–water partition coefficient (Wildman–Crippen LogP) is 2.06. The van der Waals surface area contributed by atoms with E-state index in [1.165, 1.54) is 0 Å². The van der Waals surface area contributed by atoms with Gasteiger partial charge in [0.2, 0.25) is 0 Å². The Morgan fingerprint density at radius 1 is 1.29 bits per heavy atom. The summed E-state index contributed by atoms with van der Waals surface area (Å²) in [5, 5.41) is 11.6. The summed E-state index contributed by atoms with van der Waals surface area (Å²) < 4.78 is 11.5. The lowest BCUT2D eigenvalue weighted by atomic mass is 10.0. The highest BCUT2D eigenvalue weighted by Crippen LogP contribution is 2.38. The number of fused-ring (bicyclic) bond motifs is 1. The van der Waals surface area contributed by atoms with Crippen LogP contribution in [0, 0.1) is 5.92 Å². The average Bonchev–Trinajstić information content (AvgIpc) is 2.43. The van der Waals surface area contributed by atoms with E-state index in [9.17, 15) is 9.59 Å². The number of hydrogen-bond acceptors (Lipinski definition) is 4. The maximum absolute atomic E-state index is 12.2. The Labute approximate surface area is 130 Å². The molecule has 21 heavy (non-hydrogen) atoms. The largest absolute Gasteiger partial charge is 0.486 e. The van der Waals surface area contributed by atoms with Crippen LogP contribution in [0.25, 0.3) is 0 Å². The third-order valence-electron chi connectivity index (χ3n) is 3.08. The van der Waals surface area contributed by atoms with Crippen molar-refractivity contribution in [3.8, 4) is 11.5 Å². The molecule has 6 nitrogen and oxygen atoms in total. The molecule has 0 aliphatic carbocycles. The minimum Gasteiger partial charge on any atom is -0.486 e. The molecular formula is C14H16BrNO5. The first-order valence-electron chi connectivity index (χ1n) is 6.53. The number of carboxylic acid groups (broad SMARTS) is 1. The van der Waals surface area contributed by atoms with E-state index in [-0.39, 0.29) is 5.92 Å². The van der Waals surface area contributed by atoms with E-state index in [2.05, 4.69) is 21.2 Å². The number of ether oxygens (including phenoxy) is 2. The molecular weight excluding hydrogens is 342 g/mol. The Kier molecular flexibility index (Phi) is 4.72. The van der Waals surface area contributed by atoms with Crippen LogP contribution < -0.4 is 14.8 Å². The van der Waals surface area contributed by atoms with E-state index in [1.54, 1.807) is 26.0 Å². The van der Waals surface area contributed by atoms with Gasteiger partial charge in [-0.15, -0.1) is 0 Å². The van der Waals surface area contributed by atoms with Crippen molar-refractivity contribution >= 4 is 27.8 Å².